The molecule has 0 bridgehead atoms. The lowest BCUT2D eigenvalue weighted by Gasteiger charge is -2.35. The number of unbranched alkanes of at least 4 members (excludes halogenated alkanes) is 1. The maximum absolute atomic E-state index is 13.0. The summed E-state index contributed by atoms with van der Waals surface area (Å²) in [4.78, 5) is 3.04. The molecule has 2 aromatic rings. The van der Waals surface area contributed by atoms with Crippen molar-refractivity contribution >= 4 is 10.0 Å². The fourth-order valence-corrected chi connectivity index (χ4v) is 6.59. The van der Waals surface area contributed by atoms with E-state index in [0.717, 1.165) is 37.9 Å². The molecule has 0 saturated carbocycles. The first-order valence-electron chi connectivity index (χ1n) is 10.9. The molecule has 1 unspecified atom stereocenters. The predicted octanol–water partition coefficient (Wildman–Crippen LogP) is 4.33. The van der Waals surface area contributed by atoms with E-state index in [-0.39, 0.29) is 0 Å². The normalized spacial score (nSPS) is 18.9. The van der Waals surface area contributed by atoms with Gasteiger partial charge >= 0.3 is 0 Å². The topological polar surface area (TPSA) is 40.6 Å². The molecule has 1 atom stereocenters. The van der Waals surface area contributed by atoms with Crippen LogP contribution in [-0.2, 0) is 22.9 Å². The summed E-state index contributed by atoms with van der Waals surface area (Å²) in [5, 5.41) is 0. The molecule has 0 N–H and O–H groups in total. The minimum absolute atomic E-state index is 0.408. The van der Waals surface area contributed by atoms with Crippen LogP contribution in [0.1, 0.15) is 54.5 Å². The Morgan fingerprint density at radius 2 is 1.83 bits per heavy atom. The third kappa shape index (κ3) is 4.14. The summed E-state index contributed by atoms with van der Waals surface area (Å²) in [5.74, 6) is 0. The van der Waals surface area contributed by atoms with Crippen molar-refractivity contribution in [3.8, 4) is 0 Å². The molecule has 1 heterocycles. The number of nitrogens with zero attached hydrogens (tertiary/aromatic N) is 2. The summed E-state index contributed by atoms with van der Waals surface area (Å²) in [6.45, 7) is 7.14. The summed E-state index contributed by atoms with van der Waals surface area (Å²) in [5.41, 5.74) is 5.65. The first-order chi connectivity index (χ1) is 14.0. The molecular formula is C24H32N2O2S. The van der Waals surface area contributed by atoms with Crippen molar-refractivity contribution in [2.24, 2.45) is 0 Å². The molecule has 0 spiro atoms. The number of rotatable bonds is 8. The zero-order valence-corrected chi connectivity index (χ0v) is 18.4. The summed E-state index contributed by atoms with van der Waals surface area (Å²) >= 11 is 0. The summed E-state index contributed by atoms with van der Waals surface area (Å²) < 4.78 is 27.6. The molecule has 0 radical (unpaired) electrons. The van der Waals surface area contributed by atoms with Crippen molar-refractivity contribution in [3.63, 3.8) is 0 Å². The highest BCUT2D eigenvalue weighted by Crippen LogP contribution is 2.41. The van der Waals surface area contributed by atoms with Crippen LogP contribution in [-0.4, -0.2) is 43.8 Å². The van der Waals surface area contributed by atoms with Gasteiger partial charge in [0.15, 0.2) is 0 Å². The zero-order valence-electron chi connectivity index (χ0n) is 17.6. The highest BCUT2D eigenvalue weighted by molar-refractivity contribution is 7.89. The van der Waals surface area contributed by atoms with Crippen LogP contribution >= 0.6 is 0 Å². The summed E-state index contributed by atoms with van der Waals surface area (Å²) in [6, 6.07) is 14.6. The van der Waals surface area contributed by atoms with Crippen LogP contribution < -0.4 is 0 Å². The van der Waals surface area contributed by atoms with Gasteiger partial charge in [-0.05, 0) is 80.0 Å². The molecule has 1 aliphatic carbocycles. The monoisotopic (exact) mass is 412 g/mol. The lowest BCUT2D eigenvalue weighted by atomic mass is 9.93. The maximum atomic E-state index is 13.0. The Morgan fingerprint density at radius 3 is 2.59 bits per heavy atom. The van der Waals surface area contributed by atoms with Crippen molar-refractivity contribution in [3.05, 3.63) is 64.7 Å². The molecule has 4 rings (SSSR count). The average molecular weight is 413 g/mol. The Balaban J connectivity index is 1.33. The molecule has 0 amide bonds. The minimum Gasteiger partial charge on any atom is -0.296 e. The van der Waals surface area contributed by atoms with Gasteiger partial charge in [0, 0.05) is 25.7 Å². The second-order valence-electron chi connectivity index (χ2n) is 8.35. The van der Waals surface area contributed by atoms with E-state index < -0.39 is 10.0 Å². The van der Waals surface area contributed by atoms with E-state index >= 15 is 0 Å². The molecule has 5 heteroatoms. The fraction of sp³-hybridized carbons (Fsp3) is 0.500. The molecule has 2 aromatic carbocycles. The van der Waals surface area contributed by atoms with Crippen LogP contribution in [0.25, 0.3) is 0 Å². The third-order valence-corrected chi connectivity index (χ3v) is 8.47. The van der Waals surface area contributed by atoms with E-state index in [9.17, 15) is 8.42 Å². The van der Waals surface area contributed by atoms with E-state index in [4.69, 9.17) is 0 Å². The van der Waals surface area contributed by atoms with Gasteiger partial charge in [-0.3, -0.25) is 4.90 Å². The Kier molecular flexibility index (Phi) is 6.09. The molecule has 0 aromatic heterocycles. The Bertz CT molecular complexity index is 971. The SMILES string of the molecule is CCN(CCCCN1CCc2cccc3c2C1CC3)S(=O)(=O)c1cccc(C)c1. The van der Waals surface area contributed by atoms with Crippen LogP contribution in [0.5, 0.6) is 0 Å². The van der Waals surface area contributed by atoms with Crippen LogP contribution in [0, 0.1) is 6.92 Å². The van der Waals surface area contributed by atoms with Gasteiger partial charge in [0.25, 0.3) is 0 Å². The van der Waals surface area contributed by atoms with Crippen LogP contribution in [0.15, 0.2) is 47.4 Å². The van der Waals surface area contributed by atoms with Gasteiger partial charge in [-0.1, -0.05) is 37.3 Å². The number of benzene rings is 2. The lowest BCUT2D eigenvalue weighted by molar-refractivity contribution is 0.181. The zero-order chi connectivity index (χ0) is 20.4. The fourth-order valence-electron chi connectivity index (χ4n) is 5.00. The van der Waals surface area contributed by atoms with Gasteiger partial charge in [0.2, 0.25) is 10.0 Å². The standard InChI is InChI=1S/C24H32N2O2S/c1-3-26(29(27,28)22-11-6-8-19(2)18-22)16-5-4-15-25-17-14-21-10-7-9-20-12-13-23(25)24(20)21/h6-11,18,23H,3-5,12-17H2,1-2H3. The third-order valence-electron chi connectivity index (χ3n) is 6.50. The predicted molar refractivity (Wildman–Crippen MR) is 118 cm³/mol. The van der Waals surface area contributed by atoms with Crippen molar-refractivity contribution in [1.82, 2.24) is 9.21 Å². The first-order valence-corrected chi connectivity index (χ1v) is 12.4. The Morgan fingerprint density at radius 1 is 1.07 bits per heavy atom. The van der Waals surface area contributed by atoms with E-state index in [1.807, 2.05) is 26.0 Å². The first kappa shape index (κ1) is 20.6. The van der Waals surface area contributed by atoms with Crippen LogP contribution in [0.4, 0.5) is 0 Å². The molecule has 1 aliphatic heterocycles. The second-order valence-corrected chi connectivity index (χ2v) is 10.3. The van der Waals surface area contributed by atoms with Crippen molar-refractivity contribution in [2.75, 3.05) is 26.2 Å². The van der Waals surface area contributed by atoms with E-state index in [1.165, 1.54) is 12.8 Å². The van der Waals surface area contributed by atoms with Crippen LogP contribution in [0.2, 0.25) is 0 Å². The van der Waals surface area contributed by atoms with Gasteiger partial charge in [-0.2, -0.15) is 4.31 Å². The van der Waals surface area contributed by atoms with Crippen molar-refractivity contribution in [2.45, 2.75) is 56.9 Å². The largest absolute Gasteiger partial charge is 0.296 e. The summed E-state index contributed by atoms with van der Waals surface area (Å²) in [6.07, 6.45) is 5.50. The van der Waals surface area contributed by atoms with E-state index in [1.54, 1.807) is 33.1 Å². The summed E-state index contributed by atoms with van der Waals surface area (Å²) in [7, 11) is -3.41. The van der Waals surface area contributed by atoms with Gasteiger partial charge in [-0.15, -0.1) is 0 Å². The lowest BCUT2D eigenvalue weighted by Crippen LogP contribution is -2.36. The van der Waals surface area contributed by atoms with Crippen molar-refractivity contribution < 1.29 is 8.42 Å². The number of hydrogen-bond donors (Lipinski definition) is 0. The van der Waals surface area contributed by atoms with Crippen LogP contribution in [0.3, 0.4) is 0 Å². The highest BCUT2D eigenvalue weighted by Gasteiger charge is 2.33. The number of aryl methyl sites for hydroxylation is 2. The second kappa shape index (κ2) is 8.58. The molecule has 29 heavy (non-hydrogen) atoms. The number of hydrogen-bond acceptors (Lipinski definition) is 3. The molecule has 0 saturated heterocycles. The molecule has 156 valence electrons. The average Bonchev–Trinajstić information content (AvgIpc) is 3.15. The smallest absolute Gasteiger partial charge is 0.243 e. The van der Waals surface area contributed by atoms with E-state index in [2.05, 4.69) is 23.1 Å². The van der Waals surface area contributed by atoms with Gasteiger partial charge in [0.05, 0.1) is 4.90 Å². The molecule has 2 aliphatic rings. The van der Waals surface area contributed by atoms with E-state index in [0.29, 0.717) is 24.0 Å². The molecule has 0 fully saturated rings. The number of sulfonamides is 1. The van der Waals surface area contributed by atoms with Gasteiger partial charge in [0.1, 0.15) is 0 Å². The molecular weight excluding hydrogens is 380 g/mol. The maximum Gasteiger partial charge on any atom is 0.243 e. The Labute approximate surface area is 175 Å². The Hall–Kier alpha value is -1.69. The van der Waals surface area contributed by atoms with Crippen molar-refractivity contribution in [1.29, 1.82) is 0 Å². The quantitative estimate of drug-likeness (QED) is 0.606. The highest BCUT2D eigenvalue weighted by atomic mass is 32.2. The minimum atomic E-state index is -3.41. The van der Waals surface area contributed by atoms with Gasteiger partial charge < -0.3 is 0 Å². The molecule has 4 nitrogen and oxygen atoms in total. The van der Waals surface area contributed by atoms with Gasteiger partial charge in [-0.25, -0.2) is 8.42 Å².